The number of aryl methyl sites for hydroxylation is 1. The zero-order valence-electron chi connectivity index (χ0n) is 11.6. The topological polar surface area (TPSA) is 52.1 Å². The molecular formula is C15H15ClN2O2. The van der Waals surface area contributed by atoms with Crippen LogP contribution in [-0.4, -0.2) is 22.9 Å². The van der Waals surface area contributed by atoms with Gasteiger partial charge in [-0.15, -0.1) is 0 Å². The first-order valence-corrected chi connectivity index (χ1v) is 6.54. The molecule has 2 aromatic rings. The molecule has 0 aliphatic heterocycles. The maximum atomic E-state index is 12.2. The number of carbonyl (C=O) groups excluding carboxylic acids is 1. The summed E-state index contributed by atoms with van der Waals surface area (Å²) in [6.45, 7) is 3.82. The van der Waals surface area contributed by atoms with Gasteiger partial charge in [-0.05, 0) is 26.0 Å². The molecule has 0 N–H and O–H groups in total. The lowest BCUT2D eigenvalue weighted by molar-refractivity contribution is 0.0987. The van der Waals surface area contributed by atoms with Crippen molar-refractivity contribution in [1.82, 2.24) is 9.97 Å². The largest absolute Gasteiger partial charge is 0.496 e. The van der Waals surface area contributed by atoms with E-state index in [4.69, 9.17) is 16.3 Å². The van der Waals surface area contributed by atoms with Crippen LogP contribution in [0.25, 0.3) is 0 Å². The van der Waals surface area contributed by atoms with Crippen molar-refractivity contribution in [3.63, 3.8) is 0 Å². The maximum Gasteiger partial charge on any atom is 0.187 e. The number of hydrogen-bond acceptors (Lipinski definition) is 4. The number of ether oxygens (including phenoxy) is 1. The number of methoxy groups -OCH3 is 1. The molecule has 0 aromatic carbocycles. The fourth-order valence-electron chi connectivity index (χ4n) is 2.03. The van der Waals surface area contributed by atoms with Crippen LogP contribution in [0, 0.1) is 13.8 Å². The number of pyridine rings is 2. The summed E-state index contributed by atoms with van der Waals surface area (Å²) in [4.78, 5) is 20.5. The van der Waals surface area contributed by atoms with E-state index >= 15 is 0 Å². The van der Waals surface area contributed by atoms with Gasteiger partial charge in [-0.1, -0.05) is 11.6 Å². The van der Waals surface area contributed by atoms with Crippen LogP contribution < -0.4 is 4.74 Å². The first-order valence-electron chi connectivity index (χ1n) is 6.16. The summed E-state index contributed by atoms with van der Waals surface area (Å²) in [5, 5.41) is 0.507. The highest BCUT2D eigenvalue weighted by atomic mass is 35.5. The van der Waals surface area contributed by atoms with Gasteiger partial charge in [0, 0.05) is 23.5 Å². The van der Waals surface area contributed by atoms with Gasteiger partial charge < -0.3 is 4.74 Å². The molecular weight excluding hydrogens is 276 g/mol. The van der Waals surface area contributed by atoms with Crippen LogP contribution in [0.3, 0.4) is 0 Å². The number of hydrogen-bond donors (Lipinski definition) is 0. The third-order valence-corrected chi connectivity index (χ3v) is 3.31. The first kappa shape index (κ1) is 14.5. The Labute approximate surface area is 122 Å². The zero-order valence-corrected chi connectivity index (χ0v) is 12.4. The number of aromatic nitrogens is 2. The molecule has 0 fully saturated rings. The summed E-state index contributed by atoms with van der Waals surface area (Å²) in [6, 6.07) is 3.27. The van der Waals surface area contributed by atoms with Crippen molar-refractivity contribution >= 4 is 17.4 Å². The van der Waals surface area contributed by atoms with Gasteiger partial charge in [0.25, 0.3) is 0 Å². The van der Waals surface area contributed by atoms with Crippen molar-refractivity contribution in [3.05, 3.63) is 52.1 Å². The minimum Gasteiger partial charge on any atom is -0.496 e. The molecule has 0 amide bonds. The number of nitrogens with zero attached hydrogens (tertiary/aromatic N) is 2. The molecule has 0 spiro atoms. The van der Waals surface area contributed by atoms with Gasteiger partial charge in [0.1, 0.15) is 11.4 Å². The SMILES string of the molecule is COc1c(C)cnc(CC(=O)c2ccc(Cl)cn2)c1C. The van der Waals surface area contributed by atoms with Gasteiger partial charge in [0.2, 0.25) is 0 Å². The molecule has 104 valence electrons. The predicted molar refractivity (Wildman–Crippen MR) is 77.5 cm³/mol. The van der Waals surface area contributed by atoms with E-state index in [0.717, 1.165) is 16.9 Å². The number of halogens is 1. The second-order valence-corrected chi connectivity index (χ2v) is 4.94. The molecule has 0 atom stereocenters. The summed E-state index contributed by atoms with van der Waals surface area (Å²) in [6.07, 6.45) is 3.37. The molecule has 0 aliphatic rings. The highest BCUT2D eigenvalue weighted by Gasteiger charge is 2.14. The van der Waals surface area contributed by atoms with Crippen molar-refractivity contribution in [2.45, 2.75) is 20.3 Å². The predicted octanol–water partition coefficient (Wildman–Crippen LogP) is 3.18. The normalized spacial score (nSPS) is 10.4. The van der Waals surface area contributed by atoms with E-state index in [1.54, 1.807) is 25.4 Å². The third-order valence-electron chi connectivity index (χ3n) is 3.09. The Morgan fingerprint density at radius 2 is 2.00 bits per heavy atom. The van der Waals surface area contributed by atoms with E-state index in [9.17, 15) is 4.79 Å². The first-order chi connectivity index (χ1) is 9.52. The van der Waals surface area contributed by atoms with Crippen LogP contribution in [0.4, 0.5) is 0 Å². The Morgan fingerprint density at radius 3 is 2.60 bits per heavy atom. The zero-order chi connectivity index (χ0) is 14.7. The van der Waals surface area contributed by atoms with Crippen molar-refractivity contribution < 1.29 is 9.53 Å². The fourth-order valence-corrected chi connectivity index (χ4v) is 2.14. The number of Topliss-reactive ketones (excluding diaryl/α,β-unsaturated/α-hetero) is 1. The average Bonchev–Trinajstić information content (AvgIpc) is 2.43. The Hall–Kier alpha value is -1.94. The standard InChI is InChI=1S/C15H15ClN2O2/c1-9-7-17-13(10(2)15(9)20-3)6-14(19)12-5-4-11(16)8-18-12/h4-5,7-8H,6H2,1-3H3. The van der Waals surface area contributed by atoms with Crippen molar-refractivity contribution in [2.75, 3.05) is 7.11 Å². The summed E-state index contributed by atoms with van der Waals surface area (Å²) in [7, 11) is 1.61. The monoisotopic (exact) mass is 290 g/mol. The van der Waals surface area contributed by atoms with E-state index in [1.165, 1.54) is 6.20 Å². The van der Waals surface area contributed by atoms with Gasteiger partial charge in [-0.3, -0.25) is 14.8 Å². The van der Waals surface area contributed by atoms with Crippen molar-refractivity contribution in [3.8, 4) is 5.75 Å². The van der Waals surface area contributed by atoms with Crippen LogP contribution in [0.2, 0.25) is 5.02 Å². The van der Waals surface area contributed by atoms with E-state index in [0.29, 0.717) is 16.4 Å². The van der Waals surface area contributed by atoms with E-state index in [2.05, 4.69) is 9.97 Å². The second kappa shape index (κ2) is 6.01. The third kappa shape index (κ3) is 2.96. The van der Waals surface area contributed by atoms with Gasteiger partial charge in [0.15, 0.2) is 5.78 Å². The lowest BCUT2D eigenvalue weighted by atomic mass is 10.0. The molecule has 2 rings (SSSR count). The van der Waals surface area contributed by atoms with E-state index in [1.807, 2.05) is 13.8 Å². The van der Waals surface area contributed by atoms with Crippen LogP contribution in [0.5, 0.6) is 5.75 Å². The van der Waals surface area contributed by atoms with E-state index in [-0.39, 0.29) is 12.2 Å². The smallest absolute Gasteiger partial charge is 0.187 e. The Kier molecular flexibility index (Phi) is 4.35. The molecule has 0 radical (unpaired) electrons. The molecule has 5 heteroatoms. The highest BCUT2D eigenvalue weighted by Crippen LogP contribution is 2.24. The molecule has 0 saturated carbocycles. The van der Waals surface area contributed by atoms with Gasteiger partial charge >= 0.3 is 0 Å². The lowest BCUT2D eigenvalue weighted by Crippen LogP contribution is -2.09. The van der Waals surface area contributed by atoms with Crippen LogP contribution >= 0.6 is 11.6 Å². The fraction of sp³-hybridized carbons (Fsp3) is 0.267. The lowest BCUT2D eigenvalue weighted by Gasteiger charge is -2.11. The minimum atomic E-state index is -0.0943. The quantitative estimate of drug-likeness (QED) is 0.812. The molecule has 2 heterocycles. The number of rotatable bonds is 4. The minimum absolute atomic E-state index is 0.0943. The maximum absolute atomic E-state index is 12.2. The summed E-state index contributed by atoms with van der Waals surface area (Å²) < 4.78 is 5.34. The highest BCUT2D eigenvalue weighted by molar-refractivity contribution is 6.30. The van der Waals surface area contributed by atoms with Crippen LogP contribution in [-0.2, 0) is 6.42 Å². The molecule has 0 bridgehead atoms. The Bertz CT molecular complexity index is 639. The molecule has 0 saturated heterocycles. The summed E-state index contributed by atoms with van der Waals surface area (Å²) in [5.74, 6) is 0.676. The van der Waals surface area contributed by atoms with E-state index < -0.39 is 0 Å². The Morgan fingerprint density at radius 1 is 1.25 bits per heavy atom. The molecule has 4 nitrogen and oxygen atoms in total. The van der Waals surface area contributed by atoms with Crippen LogP contribution in [0.1, 0.15) is 27.3 Å². The van der Waals surface area contributed by atoms with Crippen LogP contribution in [0.15, 0.2) is 24.5 Å². The second-order valence-electron chi connectivity index (χ2n) is 4.51. The van der Waals surface area contributed by atoms with Crippen molar-refractivity contribution in [1.29, 1.82) is 0 Å². The number of ketones is 1. The summed E-state index contributed by atoms with van der Waals surface area (Å²) in [5.41, 5.74) is 2.92. The van der Waals surface area contributed by atoms with Crippen molar-refractivity contribution in [2.24, 2.45) is 0 Å². The molecule has 20 heavy (non-hydrogen) atoms. The Balaban J connectivity index is 2.26. The molecule has 0 unspecified atom stereocenters. The molecule has 0 aliphatic carbocycles. The average molecular weight is 291 g/mol. The van der Waals surface area contributed by atoms with Gasteiger partial charge in [0.05, 0.1) is 24.2 Å². The molecule has 2 aromatic heterocycles. The number of carbonyl (C=O) groups is 1. The summed E-state index contributed by atoms with van der Waals surface area (Å²) >= 11 is 5.76. The van der Waals surface area contributed by atoms with Gasteiger partial charge in [-0.2, -0.15) is 0 Å². The van der Waals surface area contributed by atoms with Gasteiger partial charge in [-0.25, -0.2) is 0 Å².